The molecule has 0 saturated heterocycles. The van der Waals surface area contributed by atoms with E-state index in [0.29, 0.717) is 12.3 Å². The van der Waals surface area contributed by atoms with Crippen molar-refractivity contribution in [3.05, 3.63) is 35.4 Å². The van der Waals surface area contributed by atoms with Crippen molar-refractivity contribution >= 4 is 11.8 Å². The summed E-state index contributed by atoms with van der Waals surface area (Å²) in [6, 6.07) is 6.10. The van der Waals surface area contributed by atoms with Crippen LogP contribution in [-0.2, 0) is 0 Å². The Morgan fingerprint density at radius 2 is 2.13 bits per heavy atom. The molecule has 0 fully saturated rings. The fourth-order valence-corrected chi connectivity index (χ4v) is 1.38. The average Bonchev–Trinajstić information content (AvgIpc) is 2.20. The number of hydrogen-bond donors (Lipinski definition) is 2. The van der Waals surface area contributed by atoms with E-state index in [1.165, 1.54) is 5.56 Å². The third-order valence-corrected chi connectivity index (χ3v) is 2.37. The van der Waals surface area contributed by atoms with Gasteiger partial charge in [-0.25, -0.2) is 0 Å². The predicted octanol–water partition coefficient (Wildman–Crippen LogP) is 2.79. The maximum Gasteiger partial charge on any atom is 0.0465 e. The summed E-state index contributed by atoms with van der Waals surface area (Å²) >= 11 is 0. The van der Waals surface area contributed by atoms with Crippen LogP contribution in [0.4, 0.5) is 5.69 Å². The van der Waals surface area contributed by atoms with Gasteiger partial charge in [-0.3, -0.25) is 0 Å². The largest absolute Gasteiger partial charge is 0.398 e. The Labute approximate surface area is 91.4 Å². The molecule has 0 amide bonds. The number of aliphatic hydroxyl groups is 1. The first-order valence-corrected chi connectivity index (χ1v) is 5.32. The van der Waals surface area contributed by atoms with Crippen LogP contribution in [-0.4, -0.2) is 11.7 Å². The van der Waals surface area contributed by atoms with Gasteiger partial charge < -0.3 is 10.8 Å². The van der Waals surface area contributed by atoms with Crippen LogP contribution in [0.5, 0.6) is 0 Å². The zero-order chi connectivity index (χ0) is 11.3. The number of rotatable bonds is 4. The molecule has 0 unspecified atom stereocenters. The lowest BCUT2D eigenvalue weighted by atomic mass is 9.99. The van der Waals surface area contributed by atoms with E-state index in [1.807, 2.05) is 18.2 Å². The van der Waals surface area contributed by atoms with Gasteiger partial charge in [0, 0.05) is 12.3 Å². The summed E-state index contributed by atoms with van der Waals surface area (Å²) in [5, 5.41) is 8.67. The molecule has 1 rings (SSSR count). The van der Waals surface area contributed by atoms with Gasteiger partial charge in [-0.05, 0) is 35.6 Å². The Balaban J connectivity index is 2.90. The van der Waals surface area contributed by atoms with Crippen LogP contribution in [0.2, 0.25) is 0 Å². The van der Waals surface area contributed by atoms with Crippen molar-refractivity contribution in [3.63, 3.8) is 0 Å². The molecule has 0 aliphatic rings. The predicted molar refractivity (Wildman–Crippen MR) is 65.7 cm³/mol. The second-order valence-electron chi connectivity index (χ2n) is 3.96. The Bertz CT molecular complexity index is 342. The molecule has 0 heterocycles. The fraction of sp³-hybridized carbons (Fsp3) is 0.385. The van der Waals surface area contributed by atoms with Crippen LogP contribution in [0.15, 0.2) is 24.3 Å². The maximum atomic E-state index is 8.67. The molecule has 0 atom stereocenters. The molecular formula is C13H19NO. The third-order valence-electron chi connectivity index (χ3n) is 2.37. The monoisotopic (exact) mass is 205 g/mol. The lowest BCUT2D eigenvalue weighted by Crippen LogP contribution is -1.93. The molecule has 0 spiro atoms. The molecule has 0 bridgehead atoms. The molecule has 0 aromatic heterocycles. The summed E-state index contributed by atoms with van der Waals surface area (Å²) in [4.78, 5) is 0. The van der Waals surface area contributed by atoms with Crippen molar-refractivity contribution < 1.29 is 5.11 Å². The quantitative estimate of drug-likeness (QED) is 0.742. The van der Waals surface area contributed by atoms with Gasteiger partial charge in [-0.2, -0.15) is 0 Å². The normalized spacial score (nSPS) is 11.5. The van der Waals surface area contributed by atoms with Crippen LogP contribution >= 0.6 is 0 Å². The van der Waals surface area contributed by atoms with Gasteiger partial charge in [0.2, 0.25) is 0 Å². The van der Waals surface area contributed by atoms with Gasteiger partial charge >= 0.3 is 0 Å². The first kappa shape index (κ1) is 11.8. The highest BCUT2D eigenvalue weighted by Gasteiger charge is 2.01. The average molecular weight is 205 g/mol. The molecule has 1 aromatic rings. The number of hydrogen-bond acceptors (Lipinski definition) is 2. The van der Waals surface area contributed by atoms with Crippen molar-refractivity contribution in [3.8, 4) is 0 Å². The minimum atomic E-state index is 0.181. The standard InChI is InChI=1S/C13H19NO/c1-10(2)11-6-7-13(14)12(9-11)5-3-4-8-15/h3,5-7,9-10,15H,4,8,14H2,1-2H3. The van der Waals surface area contributed by atoms with E-state index in [0.717, 1.165) is 11.3 Å². The highest BCUT2D eigenvalue weighted by Crippen LogP contribution is 2.21. The summed E-state index contributed by atoms with van der Waals surface area (Å²) in [5.74, 6) is 0.510. The molecular weight excluding hydrogens is 186 g/mol. The molecule has 1 aromatic carbocycles. The first-order chi connectivity index (χ1) is 7.15. The van der Waals surface area contributed by atoms with E-state index in [9.17, 15) is 0 Å². The van der Waals surface area contributed by atoms with E-state index in [1.54, 1.807) is 0 Å². The lowest BCUT2D eigenvalue weighted by Gasteiger charge is -2.08. The molecule has 2 heteroatoms. The first-order valence-electron chi connectivity index (χ1n) is 5.32. The van der Waals surface area contributed by atoms with Crippen molar-refractivity contribution in [1.29, 1.82) is 0 Å². The second-order valence-corrected chi connectivity index (χ2v) is 3.96. The second kappa shape index (κ2) is 5.56. The molecule has 15 heavy (non-hydrogen) atoms. The number of nitrogens with two attached hydrogens (primary N) is 1. The molecule has 0 radical (unpaired) electrons. The fourth-order valence-electron chi connectivity index (χ4n) is 1.38. The van der Waals surface area contributed by atoms with E-state index in [2.05, 4.69) is 26.0 Å². The SMILES string of the molecule is CC(C)c1ccc(N)c(C=CCCO)c1. The van der Waals surface area contributed by atoms with Gasteiger partial charge in [0.1, 0.15) is 0 Å². The van der Waals surface area contributed by atoms with Crippen LogP contribution < -0.4 is 5.73 Å². The Morgan fingerprint density at radius 1 is 1.40 bits per heavy atom. The van der Waals surface area contributed by atoms with Gasteiger partial charge in [0.25, 0.3) is 0 Å². The smallest absolute Gasteiger partial charge is 0.0465 e. The summed E-state index contributed by atoms with van der Waals surface area (Å²) in [7, 11) is 0. The van der Waals surface area contributed by atoms with Crippen molar-refractivity contribution in [2.24, 2.45) is 0 Å². The number of nitrogen functional groups attached to an aromatic ring is 1. The van der Waals surface area contributed by atoms with Crippen molar-refractivity contribution in [2.75, 3.05) is 12.3 Å². The van der Waals surface area contributed by atoms with Crippen LogP contribution in [0.1, 0.15) is 37.3 Å². The zero-order valence-corrected chi connectivity index (χ0v) is 9.40. The molecule has 2 nitrogen and oxygen atoms in total. The van der Waals surface area contributed by atoms with Crippen LogP contribution in [0, 0.1) is 0 Å². The Hall–Kier alpha value is -1.28. The van der Waals surface area contributed by atoms with Gasteiger partial charge in [-0.1, -0.05) is 32.1 Å². The van der Waals surface area contributed by atoms with Crippen molar-refractivity contribution in [1.82, 2.24) is 0 Å². The molecule has 0 aliphatic carbocycles. The van der Waals surface area contributed by atoms with Gasteiger partial charge in [0.15, 0.2) is 0 Å². The van der Waals surface area contributed by atoms with Gasteiger partial charge in [0.05, 0.1) is 0 Å². The highest BCUT2D eigenvalue weighted by atomic mass is 16.2. The lowest BCUT2D eigenvalue weighted by molar-refractivity contribution is 0.303. The van der Waals surface area contributed by atoms with Gasteiger partial charge in [-0.15, -0.1) is 0 Å². The molecule has 0 saturated carbocycles. The molecule has 3 N–H and O–H groups in total. The van der Waals surface area contributed by atoms with E-state index in [4.69, 9.17) is 10.8 Å². The number of aliphatic hydroxyl groups excluding tert-OH is 1. The summed E-state index contributed by atoms with van der Waals surface area (Å²) in [6.45, 7) is 4.50. The minimum Gasteiger partial charge on any atom is -0.398 e. The number of benzene rings is 1. The Morgan fingerprint density at radius 3 is 2.73 bits per heavy atom. The summed E-state index contributed by atoms with van der Waals surface area (Å²) < 4.78 is 0. The van der Waals surface area contributed by atoms with Crippen LogP contribution in [0.25, 0.3) is 6.08 Å². The minimum absolute atomic E-state index is 0.181. The van der Waals surface area contributed by atoms with E-state index in [-0.39, 0.29) is 6.61 Å². The van der Waals surface area contributed by atoms with E-state index >= 15 is 0 Å². The third kappa shape index (κ3) is 3.40. The zero-order valence-electron chi connectivity index (χ0n) is 9.40. The van der Waals surface area contributed by atoms with Crippen LogP contribution in [0.3, 0.4) is 0 Å². The topological polar surface area (TPSA) is 46.2 Å². The summed E-state index contributed by atoms with van der Waals surface area (Å²) in [5.41, 5.74) is 8.97. The van der Waals surface area contributed by atoms with E-state index < -0.39 is 0 Å². The summed E-state index contributed by atoms with van der Waals surface area (Å²) in [6.07, 6.45) is 4.58. The number of anilines is 1. The van der Waals surface area contributed by atoms with Crippen molar-refractivity contribution in [2.45, 2.75) is 26.2 Å². The maximum absolute atomic E-state index is 8.67. The molecule has 82 valence electrons. The Kier molecular flexibility index (Phi) is 4.37. The molecule has 0 aliphatic heterocycles. The highest BCUT2D eigenvalue weighted by molar-refractivity contribution is 5.65.